The first kappa shape index (κ1) is 12.3. The summed E-state index contributed by atoms with van der Waals surface area (Å²) in [4.78, 5) is 20.6. The summed E-state index contributed by atoms with van der Waals surface area (Å²) in [6.07, 6.45) is 3.40. The van der Waals surface area contributed by atoms with E-state index >= 15 is 0 Å². The molecule has 5 heteroatoms. The van der Waals surface area contributed by atoms with Crippen LogP contribution in [0.3, 0.4) is 0 Å². The average Bonchev–Trinajstić information content (AvgIpc) is 2.54. The minimum absolute atomic E-state index is 0.339. The van der Waals surface area contributed by atoms with E-state index in [2.05, 4.69) is 15.4 Å². The third-order valence-electron chi connectivity index (χ3n) is 3.05. The summed E-state index contributed by atoms with van der Waals surface area (Å²) in [5.74, 6) is 4.91. The summed E-state index contributed by atoms with van der Waals surface area (Å²) < 4.78 is 0. The number of hydrazine groups is 1. The van der Waals surface area contributed by atoms with Gasteiger partial charge in [-0.1, -0.05) is 18.2 Å². The van der Waals surface area contributed by atoms with Gasteiger partial charge in [0.1, 0.15) is 0 Å². The summed E-state index contributed by atoms with van der Waals surface area (Å²) >= 11 is 0. The van der Waals surface area contributed by atoms with Crippen LogP contribution in [0.25, 0.3) is 22.2 Å². The number of para-hydroxylation sites is 1. The van der Waals surface area contributed by atoms with Crippen molar-refractivity contribution in [2.24, 2.45) is 5.84 Å². The molecule has 0 aliphatic heterocycles. The Bertz CT molecular complexity index is 771. The molecular weight excluding hydrogens is 252 g/mol. The highest BCUT2D eigenvalue weighted by atomic mass is 16.2. The van der Waals surface area contributed by atoms with Crippen LogP contribution in [0.15, 0.2) is 54.9 Å². The van der Waals surface area contributed by atoms with Crippen LogP contribution in [-0.4, -0.2) is 15.9 Å². The van der Waals surface area contributed by atoms with E-state index in [0.29, 0.717) is 11.3 Å². The van der Waals surface area contributed by atoms with Gasteiger partial charge >= 0.3 is 0 Å². The van der Waals surface area contributed by atoms with Crippen LogP contribution in [0.2, 0.25) is 0 Å². The Balaban J connectivity index is 2.28. The number of amides is 1. The van der Waals surface area contributed by atoms with Gasteiger partial charge < -0.3 is 0 Å². The highest BCUT2D eigenvalue weighted by Gasteiger charge is 2.12. The van der Waals surface area contributed by atoms with E-state index in [1.165, 1.54) is 0 Å². The van der Waals surface area contributed by atoms with Crippen molar-refractivity contribution in [2.45, 2.75) is 0 Å². The van der Waals surface area contributed by atoms with Gasteiger partial charge in [-0.15, -0.1) is 0 Å². The van der Waals surface area contributed by atoms with Crippen molar-refractivity contribution >= 4 is 16.8 Å². The Hall–Kier alpha value is -2.79. The van der Waals surface area contributed by atoms with E-state index in [4.69, 9.17) is 5.84 Å². The van der Waals surface area contributed by atoms with Gasteiger partial charge in [-0.2, -0.15) is 0 Å². The maximum Gasteiger partial charge on any atom is 0.265 e. The normalized spacial score (nSPS) is 10.4. The van der Waals surface area contributed by atoms with Crippen molar-refractivity contribution in [1.29, 1.82) is 0 Å². The third kappa shape index (κ3) is 2.10. The number of hydrogen-bond acceptors (Lipinski definition) is 4. The molecular formula is C15H12N4O. The molecule has 0 radical (unpaired) electrons. The number of pyridine rings is 2. The molecule has 0 aliphatic carbocycles. The minimum atomic E-state index is -0.339. The lowest BCUT2D eigenvalue weighted by Gasteiger charge is -2.08. The van der Waals surface area contributed by atoms with Crippen LogP contribution >= 0.6 is 0 Å². The van der Waals surface area contributed by atoms with Gasteiger partial charge in [-0.25, -0.2) is 10.8 Å². The molecule has 0 aliphatic rings. The van der Waals surface area contributed by atoms with Crippen molar-refractivity contribution < 1.29 is 4.79 Å². The number of nitrogen functional groups attached to an aromatic ring is 1. The van der Waals surface area contributed by atoms with Gasteiger partial charge in [0, 0.05) is 23.3 Å². The molecule has 5 nitrogen and oxygen atoms in total. The first-order valence-corrected chi connectivity index (χ1v) is 6.11. The minimum Gasteiger partial charge on any atom is -0.290 e. The van der Waals surface area contributed by atoms with Crippen molar-refractivity contribution in [1.82, 2.24) is 15.4 Å². The number of rotatable bonds is 2. The monoisotopic (exact) mass is 264 g/mol. The molecule has 3 aromatic rings. The van der Waals surface area contributed by atoms with E-state index in [0.717, 1.165) is 16.5 Å². The lowest BCUT2D eigenvalue weighted by Crippen LogP contribution is -2.30. The van der Waals surface area contributed by atoms with E-state index < -0.39 is 0 Å². The molecule has 0 saturated carbocycles. The summed E-state index contributed by atoms with van der Waals surface area (Å²) in [6, 6.07) is 12.9. The number of nitrogens with one attached hydrogen (secondary N) is 1. The molecule has 1 amide bonds. The van der Waals surface area contributed by atoms with Crippen LogP contribution in [0, 0.1) is 0 Å². The first-order chi connectivity index (χ1) is 9.79. The topological polar surface area (TPSA) is 80.9 Å². The third-order valence-corrected chi connectivity index (χ3v) is 3.05. The van der Waals surface area contributed by atoms with Crippen molar-refractivity contribution in [2.75, 3.05) is 0 Å². The maximum atomic E-state index is 11.9. The van der Waals surface area contributed by atoms with Gasteiger partial charge in [0.15, 0.2) is 0 Å². The molecule has 98 valence electrons. The van der Waals surface area contributed by atoms with Crippen molar-refractivity contribution in [3.05, 3.63) is 60.4 Å². The molecule has 0 fully saturated rings. The molecule has 0 bridgehead atoms. The van der Waals surface area contributed by atoms with Gasteiger partial charge in [0.2, 0.25) is 0 Å². The van der Waals surface area contributed by atoms with Crippen LogP contribution in [-0.2, 0) is 0 Å². The summed E-state index contributed by atoms with van der Waals surface area (Å²) in [7, 11) is 0. The van der Waals surface area contributed by atoms with Gasteiger partial charge in [-0.05, 0) is 24.3 Å². The highest BCUT2D eigenvalue weighted by Crippen LogP contribution is 2.24. The fourth-order valence-corrected chi connectivity index (χ4v) is 2.10. The fourth-order valence-electron chi connectivity index (χ4n) is 2.10. The Morgan fingerprint density at radius 2 is 2.00 bits per heavy atom. The average molecular weight is 264 g/mol. The second-order valence-corrected chi connectivity index (χ2v) is 4.29. The number of nitrogens with two attached hydrogens (primary N) is 1. The van der Waals surface area contributed by atoms with Crippen molar-refractivity contribution in [3.63, 3.8) is 0 Å². The lowest BCUT2D eigenvalue weighted by atomic mass is 10.0. The molecule has 0 spiro atoms. The van der Waals surface area contributed by atoms with E-state index in [9.17, 15) is 4.79 Å². The largest absolute Gasteiger partial charge is 0.290 e. The zero-order chi connectivity index (χ0) is 13.9. The zero-order valence-corrected chi connectivity index (χ0v) is 10.6. The number of hydrogen-bond donors (Lipinski definition) is 2. The zero-order valence-electron chi connectivity index (χ0n) is 10.6. The second-order valence-electron chi connectivity index (χ2n) is 4.29. The maximum absolute atomic E-state index is 11.9. The summed E-state index contributed by atoms with van der Waals surface area (Å²) in [5.41, 5.74) is 4.95. The SMILES string of the molecule is NNC(=O)c1cc(-c2cccnc2)nc2ccccc12. The number of benzene rings is 1. The lowest BCUT2D eigenvalue weighted by molar-refractivity contribution is 0.0955. The highest BCUT2D eigenvalue weighted by molar-refractivity contribution is 6.06. The number of carbonyl (C=O) groups is 1. The molecule has 0 atom stereocenters. The van der Waals surface area contributed by atoms with Crippen LogP contribution < -0.4 is 11.3 Å². The number of nitrogens with zero attached hydrogens (tertiary/aromatic N) is 2. The second kappa shape index (κ2) is 5.07. The molecule has 0 unspecified atom stereocenters. The standard InChI is InChI=1S/C15H12N4O/c16-19-15(20)12-8-14(10-4-3-7-17-9-10)18-13-6-2-1-5-11(12)13/h1-9H,16H2,(H,19,20). The van der Waals surface area contributed by atoms with E-state index in [-0.39, 0.29) is 5.91 Å². The fraction of sp³-hybridized carbons (Fsp3) is 0. The molecule has 3 rings (SSSR count). The Kier molecular flexibility index (Phi) is 3.10. The smallest absolute Gasteiger partial charge is 0.265 e. The van der Waals surface area contributed by atoms with Gasteiger partial charge in [0.05, 0.1) is 16.8 Å². The molecule has 0 saturated heterocycles. The molecule has 1 aromatic carbocycles. The number of fused-ring (bicyclic) bond motifs is 1. The van der Waals surface area contributed by atoms with E-state index in [1.54, 1.807) is 18.5 Å². The van der Waals surface area contributed by atoms with Crippen LogP contribution in [0.5, 0.6) is 0 Å². The predicted octanol–water partition coefficient (Wildman–Crippen LogP) is 1.90. The Morgan fingerprint density at radius 1 is 1.15 bits per heavy atom. The predicted molar refractivity (Wildman–Crippen MR) is 76.6 cm³/mol. The summed E-state index contributed by atoms with van der Waals surface area (Å²) in [6.45, 7) is 0. The van der Waals surface area contributed by atoms with Gasteiger partial charge in [0.25, 0.3) is 5.91 Å². The molecule has 3 N–H and O–H groups in total. The van der Waals surface area contributed by atoms with E-state index in [1.807, 2.05) is 36.4 Å². The molecule has 20 heavy (non-hydrogen) atoms. The molecule has 2 heterocycles. The Labute approximate surface area is 115 Å². The molecule has 2 aromatic heterocycles. The van der Waals surface area contributed by atoms with Crippen LogP contribution in [0.4, 0.5) is 0 Å². The first-order valence-electron chi connectivity index (χ1n) is 6.11. The van der Waals surface area contributed by atoms with Gasteiger partial charge in [-0.3, -0.25) is 15.2 Å². The Morgan fingerprint density at radius 3 is 2.75 bits per heavy atom. The number of carbonyl (C=O) groups excluding carboxylic acids is 1. The quantitative estimate of drug-likeness (QED) is 0.421. The van der Waals surface area contributed by atoms with Crippen LogP contribution in [0.1, 0.15) is 10.4 Å². The summed E-state index contributed by atoms with van der Waals surface area (Å²) in [5, 5.41) is 0.767. The van der Waals surface area contributed by atoms with Crippen molar-refractivity contribution in [3.8, 4) is 11.3 Å². The number of aromatic nitrogens is 2.